The summed E-state index contributed by atoms with van der Waals surface area (Å²) in [6.45, 7) is 3.38. The monoisotopic (exact) mass is 475 g/mol. The van der Waals surface area contributed by atoms with Crippen LogP contribution in [-0.4, -0.2) is 53.3 Å². The lowest BCUT2D eigenvalue weighted by Gasteiger charge is -2.35. The molecule has 0 unspecified atom stereocenters. The Morgan fingerprint density at radius 3 is 2.53 bits per heavy atom. The molecule has 182 valence electrons. The number of rotatable bonds is 5. The van der Waals surface area contributed by atoms with Crippen LogP contribution < -0.4 is 21.5 Å². The van der Waals surface area contributed by atoms with Gasteiger partial charge in [0, 0.05) is 36.4 Å². The quantitative estimate of drug-likeness (QED) is 0.484. The van der Waals surface area contributed by atoms with Crippen LogP contribution in [-0.2, 0) is 6.18 Å². The number of aromatic nitrogens is 3. The number of alkyl halides is 3. The van der Waals surface area contributed by atoms with Crippen LogP contribution in [0.15, 0.2) is 35.3 Å². The van der Waals surface area contributed by atoms with Gasteiger partial charge in [0.15, 0.2) is 5.82 Å². The van der Waals surface area contributed by atoms with Crippen molar-refractivity contribution >= 4 is 28.1 Å². The predicted molar refractivity (Wildman–Crippen MR) is 127 cm³/mol. The molecule has 34 heavy (non-hydrogen) atoms. The summed E-state index contributed by atoms with van der Waals surface area (Å²) in [6, 6.07) is 5.22. The van der Waals surface area contributed by atoms with Gasteiger partial charge in [-0.2, -0.15) is 18.3 Å². The van der Waals surface area contributed by atoms with E-state index in [4.69, 9.17) is 5.73 Å². The summed E-state index contributed by atoms with van der Waals surface area (Å²) in [5.74, 6) is 1.08. The molecular weight excluding hydrogens is 447 g/mol. The van der Waals surface area contributed by atoms with Crippen LogP contribution in [0.3, 0.4) is 0 Å². The second kappa shape index (κ2) is 9.13. The molecule has 1 aliphatic heterocycles. The summed E-state index contributed by atoms with van der Waals surface area (Å²) >= 11 is 0. The number of fused-ring (bicyclic) bond motifs is 1. The Bertz CT molecular complexity index is 1230. The molecule has 0 aliphatic carbocycles. The number of nitrogen functional groups attached to an aromatic ring is 1. The number of pyridine rings is 1. The first-order valence-electron chi connectivity index (χ1n) is 11.1. The Balaban J connectivity index is 1.64. The van der Waals surface area contributed by atoms with Crippen LogP contribution in [0.4, 0.5) is 30.5 Å². The average molecular weight is 476 g/mol. The van der Waals surface area contributed by atoms with Crippen LogP contribution in [0, 0.1) is 0 Å². The Morgan fingerprint density at radius 2 is 1.88 bits per heavy atom. The first kappa shape index (κ1) is 23.8. The number of anilines is 3. The first-order valence-corrected chi connectivity index (χ1v) is 11.1. The minimum atomic E-state index is -4.51. The molecule has 1 atom stereocenters. The third-order valence-electron chi connectivity index (χ3n) is 6.34. The maximum absolute atomic E-state index is 13.2. The fraction of sp³-hybridized carbons (Fsp3) is 0.435. The van der Waals surface area contributed by atoms with E-state index in [1.54, 1.807) is 6.92 Å². The largest absolute Gasteiger partial charge is 0.416 e. The zero-order chi connectivity index (χ0) is 24.6. The molecule has 4 rings (SSSR count). The number of benzene rings is 1. The first-order chi connectivity index (χ1) is 16.0. The molecule has 0 radical (unpaired) electrons. The van der Waals surface area contributed by atoms with Gasteiger partial charge in [0.1, 0.15) is 5.82 Å². The van der Waals surface area contributed by atoms with Gasteiger partial charge >= 0.3 is 6.18 Å². The number of nitrogens with one attached hydrogen (secondary N) is 2. The summed E-state index contributed by atoms with van der Waals surface area (Å²) in [5.41, 5.74) is 4.89. The standard InChI is InChI=1S/C23H28F3N7O/c1-13(14-8-15(23(24,25)26)10-16(27)9-14)29-21-18-11-20(28-12-19(18)22(34)31-30-21)33-6-4-17(5-7-33)32(2)3/h8-13,17H,4-7,27H2,1-3H3,(H,29,30)(H,31,34)/t13-/m1/s1. The zero-order valence-electron chi connectivity index (χ0n) is 19.3. The highest BCUT2D eigenvalue weighted by atomic mass is 19.4. The Morgan fingerprint density at radius 1 is 1.18 bits per heavy atom. The topological polar surface area (TPSA) is 103 Å². The van der Waals surface area contributed by atoms with Crippen molar-refractivity contribution in [2.45, 2.75) is 38.0 Å². The maximum atomic E-state index is 13.2. The van der Waals surface area contributed by atoms with Gasteiger partial charge in [-0.3, -0.25) is 4.79 Å². The smallest absolute Gasteiger partial charge is 0.399 e. The number of hydrogen-bond acceptors (Lipinski definition) is 7. The van der Waals surface area contributed by atoms with E-state index >= 15 is 0 Å². The van der Waals surface area contributed by atoms with Crippen LogP contribution in [0.2, 0.25) is 0 Å². The molecule has 1 aromatic carbocycles. The van der Waals surface area contributed by atoms with Crippen LogP contribution in [0.5, 0.6) is 0 Å². The van der Waals surface area contributed by atoms with Crippen molar-refractivity contribution in [3.63, 3.8) is 0 Å². The minimum absolute atomic E-state index is 0.0189. The number of hydrogen-bond donors (Lipinski definition) is 3. The van der Waals surface area contributed by atoms with Crippen molar-refractivity contribution in [1.29, 1.82) is 0 Å². The molecule has 4 N–H and O–H groups in total. The van der Waals surface area contributed by atoms with E-state index < -0.39 is 17.8 Å². The molecular formula is C23H28F3N7O. The van der Waals surface area contributed by atoms with Crippen LogP contribution >= 0.6 is 0 Å². The van der Waals surface area contributed by atoms with Gasteiger partial charge in [-0.05, 0) is 63.7 Å². The van der Waals surface area contributed by atoms with Crippen molar-refractivity contribution in [1.82, 2.24) is 20.1 Å². The predicted octanol–water partition coefficient (Wildman–Crippen LogP) is 3.62. The number of aromatic amines is 1. The summed E-state index contributed by atoms with van der Waals surface area (Å²) in [4.78, 5) is 21.2. The highest BCUT2D eigenvalue weighted by molar-refractivity contribution is 5.92. The highest BCUT2D eigenvalue weighted by Gasteiger charge is 2.31. The lowest BCUT2D eigenvalue weighted by atomic mass is 10.0. The Labute approximate surface area is 195 Å². The van der Waals surface area contributed by atoms with Crippen LogP contribution in [0.1, 0.15) is 36.9 Å². The van der Waals surface area contributed by atoms with E-state index in [0.717, 1.165) is 43.9 Å². The van der Waals surface area contributed by atoms with Gasteiger partial charge in [-0.1, -0.05) is 0 Å². The lowest BCUT2D eigenvalue weighted by molar-refractivity contribution is -0.137. The molecule has 2 aromatic heterocycles. The molecule has 3 aromatic rings. The molecule has 1 saturated heterocycles. The van der Waals surface area contributed by atoms with Gasteiger partial charge in [-0.15, -0.1) is 0 Å². The highest BCUT2D eigenvalue weighted by Crippen LogP contribution is 2.34. The number of nitrogens with zero attached hydrogens (tertiary/aromatic N) is 4. The Hall–Kier alpha value is -3.34. The van der Waals surface area contributed by atoms with Gasteiger partial charge in [0.25, 0.3) is 5.56 Å². The molecule has 0 amide bonds. The summed E-state index contributed by atoms with van der Waals surface area (Å²) in [7, 11) is 4.15. The van der Waals surface area contributed by atoms with E-state index in [-0.39, 0.29) is 11.2 Å². The SMILES string of the molecule is C[C@@H](Nc1n[nH]c(=O)c2cnc(N3CCC(N(C)C)CC3)cc12)c1cc(N)cc(C(F)(F)F)c1. The lowest BCUT2D eigenvalue weighted by Crippen LogP contribution is -2.42. The van der Waals surface area contributed by atoms with E-state index in [1.165, 1.54) is 12.3 Å². The maximum Gasteiger partial charge on any atom is 0.416 e. The zero-order valence-corrected chi connectivity index (χ0v) is 19.3. The fourth-order valence-corrected chi connectivity index (χ4v) is 4.32. The summed E-state index contributed by atoms with van der Waals surface area (Å²) in [5, 5.41) is 10.6. The molecule has 1 fully saturated rings. The molecule has 0 spiro atoms. The normalized spacial score (nSPS) is 16.3. The number of H-pyrrole nitrogens is 1. The van der Waals surface area contributed by atoms with E-state index in [2.05, 4.69) is 44.4 Å². The Kier molecular flexibility index (Phi) is 6.39. The van der Waals surface area contributed by atoms with Gasteiger partial charge < -0.3 is 20.9 Å². The molecule has 8 nitrogen and oxygen atoms in total. The third-order valence-corrected chi connectivity index (χ3v) is 6.34. The van der Waals surface area contributed by atoms with Gasteiger partial charge in [0.2, 0.25) is 0 Å². The second-order valence-electron chi connectivity index (χ2n) is 8.92. The molecule has 0 saturated carbocycles. The number of nitrogens with two attached hydrogens (primary N) is 1. The van der Waals surface area contributed by atoms with Crippen molar-refractivity contribution < 1.29 is 13.2 Å². The average Bonchev–Trinajstić information content (AvgIpc) is 2.79. The minimum Gasteiger partial charge on any atom is -0.399 e. The van der Waals surface area contributed by atoms with E-state index in [1.807, 2.05) is 6.07 Å². The summed E-state index contributed by atoms with van der Waals surface area (Å²) < 4.78 is 39.7. The van der Waals surface area contributed by atoms with Crippen LogP contribution in [0.25, 0.3) is 10.8 Å². The van der Waals surface area contributed by atoms with Gasteiger partial charge in [0.05, 0.1) is 17.0 Å². The van der Waals surface area contributed by atoms with Gasteiger partial charge in [-0.25, -0.2) is 10.1 Å². The van der Waals surface area contributed by atoms with Crippen molar-refractivity contribution in [2.24, 2.45) is 0 Å². The second-order valence-corrected chi connectivity index (χ2v) is 8.92. The molecule has 3 heterocycles. The molecule has 11 heteroatoms. The van der Waals surface area contributed by atoms with Crippen molar-refractivity contribution in [3.05, 3.63) is 51.9 Å². The number of halogens is 3. The van der Waals surface area contributed by atoms with E-state index in [9.17, 15) is 18.0 Å². The van der Waals surface area contributed by atoms with E-state index in [0.29, 0.717) is 28.2 Å². The summed E-state index contributed by atoms with van der Waals surface area (Å²) in [6.07, 6.45) is -0.992. The molecule has 0 bridgehead atoms. The fourth-order valence-electron chi connectivity index (χ4n) is 4.32. The van der Waals surface area contributed by atoms with Crippen molar-refractivity contribution in [2.75, 3.05) is 43.1 Å². The van der Waals surface area contributed by atoms with Crippen molar-refractivity contribution in [3.8, 4) is 0 Å². The third kappa shape index (κ3) is 4.93. The molecule has 1 aliphatic rings. The number of piperidine rings is 1.